The van der Waals surface area contributed by atoms with Crippen molar-refractivity contribution in [2.45, 2.75) is 6.92 Å². The Morgan fingerprint density at radius 1 is 1.12 bits per heavy atom. The lowest BCUT2D eigenvalue weighted by Crippen LogP contribution is -2.14. The maximum Gasteiger partial charge on any atom is 0.252 e. The number of nitrogen functional groups attached to an aromatic ring is 1. The molecule has 0 saturated heterocycles. The molecule has 4 nitrogen and oxygen atoms in total. The van der Waals surface area contributed by atoms with E-state index in [4.69, 9.17) is 11.5 Å². The fourth-order valence-corrected chi connectivity index (χ4v) is 1.57. The zero-order chi connectivity index (χ0) is 12.4. The fraction of sp³-hybridized carbons (Fsp3) is 0.0769. The average Bonchev–Trinajstić information content (AvgIpc) is 2.29. The SMILES string of the molecule is Cc1ccc(-c2ccc(C(N)=O)c(N)n2)cc1. The maximum absolute atomic E-state index is 11.0. The third-order valence-corrected chi connectivity index (χ3v) is 2.54. The van der Waals surface area contributed by atoms with E-state index in [1.165, 1.54) is 5.56 Å². The Morgan fingerprint density at radius 2 is 1.76 bits per heavy atom. The van der Waals surface area contributed by atoms with Crippen molar-refractivity contribution in [3.63, 3.8) is 0 Å². The molecule has 0 spiro atoms. The van der Waals surface area contributed by atoms with Crippen molar-refractivity contribution >= 4 is 11.7 Å². The molecule has 0 aliphatic carbocycles. The molecule has 1 aromatic carbocycles. The second kappa shape index (κ2) is 4.25. The number of hydrogen-bond donors (Lipinski definition) is 2. The van der Waals surface area contributed by atoms with Gasteiger partial charge >= 0.3 is 0 Å². The molecule has 2 aromatic rings. The van der Waals surface area contributed by atoms with Crippen molar-refractivity contribution in [2.24, 2.45) is 5.73 Å². The molecule has 4 N–H and O–H groups in total. The van der Waals surface area contributed by atoms with E-state index >= 15 is 0 Å². The van der Waals surface area contributed by atoms with Crippen LogP contribution in [0.5, 0.6) is 0 Å². The summed E-state index contributed by atoms with van der Waals surface area (Å²) in [5.74, 6) is -0.402. The zero-order valence-corrected chi connectivity index (χ0v) is 9.47. The van der Waals surface area contributed by atoms with E-state index in [2.05, 4.69) is 4.98 Å². The van der Waals surface area contributed by atoms with Crippen LogP contribution in [0.25, 0.3) is 11.3 Å². The molecule has 1 aromatic heterocycles. The molecule has 0 fully saturated rings. The van der Waals surface area contributed by atoms with Gasteiger partial charge in [0.1, 0.15) is 5.82 Å². The molecule has 17 heavy (non-hydrogen) atoms. The minimum absolute atomic E-state index is 0.163. The summed E-state index contributed by atoms with van der Waals surface area (Å²) in [6.45, 7) is 2.02. The second-order valence-corrected chi connectivity index (χ2v) is 3.86. The first-order chi connectivity index (χ1) is 8.08. The van der Waals surface area contributed by atoms with Gasteiger partial charge in [0, 0.05) is 5.56 Å². The van der Waals surface area contributed by atoms with Crippen LogP contribution >= 0.6 is 0 Å². The van der Waals surface area contributed by atoms with Crippen LogP contribution in [0, 0.1) is 6.92 Å². The molecule has 0 bridgehead atoms. The molecule has 1 heterocycles. The lowest BCUT2D eigenvalue weighted by atomic mass is 10.1. The summed E-state index contributed by atoms with van der Waals surface area (Å²) >= 11 is 0. The summed E-state index contributed by atoms with van der Waals surface area (Å²) in [5, 5.41) is 0. The van der Waals surface area contributed by atoms with E-state index in [1.54, 1.807) is 12.1 Å². The number of carbonyl (C=O) groups excluding carboxylic acids is 1. The van der Waals surface area contributed by atoms with Crippen LogP contribution in [-0.4, -0.2) is 10.9 Å². The Kier molecular flexibility index (Phi) is 2.78. The van der Waals surface area contributed by atoms with Gasteiger partial charge in [-0.1, -0.05) is 29.8 Å². The highest BCUT2D eigenvalue weighted by atomic mass is 16.1. The summed E-state index contributed by atoms with van der Waals surface area (Å²) in [4.78, 5) is 15.2. The summed E-state index contributed by atoms with van der Waals surface area (Å²) in [5.41, 5.74) is 14.0. The Morgan fingerprint density at radius 3 is 2.29 bits per heavy atom. The predicted octanol–water partition coefficient (Wildman–Crippen LogP) is 1.74. The number of hydrogen-bond acceptors (Lipinski definition) is 3. The van der Waals surface area contributed by atoms with Gasteiger partial charge < -0.3 is 11.5 Å². The molecule has 86 valence electrons. The highest BCUT2D eigenvalue weighted by Gasteiger charge is 2.08. The third-order valence-electron chi connectivity index (χ3n) is 2.54. The third kappa shape index (κ3) is 2.25. The van der Waals surface area contributed by atoms with Crippen LogP contribution < -0.4 is 11.5 Å². The van der Waals surface area contributed by atoms with Crippen molar-refractivity contribution < 1.29 is 4.79 Å². The van der Waals surface area contributed by atoms with E-state index < -0.39 is 5.91 Å². The van der Waals surface area contributed by atoms with Crippen molar-refractivity contribution in [1.29, 1.82) is 0 Å². The first-order valence-electron chi connectivity index (χ1n) is 5.21. The number of nitrogens with zero attached hydrogens (tertiary/aromatic N) is 1. The van der Waals surface area contributed by atoms with Gasteiger partial charge in [-0.15, -0.1) is 0 Å². The van der Waals surface area contributed by atoms with Crippen molar-refractivity contribution in [2.75, 3.05) is 5.73 Å². The number of nitrogens with two attached hydrogens (primary N) is 2. The van der Waals surface area contributed by atoms with Gasteiger partial charge in [0.25, 0.3) is 5.91 Å². The van der Waals surface area contributed by atoms with Crippen LogP contribution in [-0.2, 0) is 0 Å². The molecule has 0 saturated carbocycles. The number of anilines is 1. The number of rotatable bonds is 2. The number of amides is 1. The lowest BCUT2D eigenvalue weighted by molar-refractivity contribution is 0.100. The van der Waals surface area contributed by atoms with Crippen LogP contribution in [0.3, 0.4) is 0 Å². The van der Waals surface area contributed by atoms with Gasteiger partial charge in [0.2, 0.25) is 0 Å². The standard InChI is InChI=1S/C13H13N3O/c1-8-2-4-9(5-3-8)11-7-6-10(13(15)17)12(14)16-11/h2-7H,1H3,(H2,14,16)(H2,15,17). The lowest BCUT2D eigenvalue weighted by Gasteiger charge is -2.05. The summed E-state index contributed by atoms with van der Waals surface area (Å²) in [6, 6.07) is 11.2. The quantitative estimate of drug-likeness (QED) is 0.819. The van der Waals surface area contributed by atoms with Gasteiger partial charge in [0.15, 0.2) is 0 Å². The van der Waals surface area contributed by atoms with Gasteiger partial charge in [-0.2, -0.15) is 0 Å². The van der Waals surface area contributed by atoms with Crippen LogP contribution in [0.4, 0.5) is 5.82 Å². The molecular weight excluding hydrogens is 214 g/mol. The van der Waals surface area contributed by atoms with Gasteiger partial charge in [-0.25, -0.2) is 4.98 Å². The van der Waals surface area contributed by atoms with E-state index in [1.807, 2.05) is 31.2 Å². The monoisotopic (exact) mass is 227 g/mol. The molecule has 0 radical (unpaired) electrons. The number of pyridine rings is 1. The number of carbonyl (C=O) groups is 1. The van der Waals surface area contributed by atoms with E-state index in [-0.39, 0.29) is 11.4 Å². The fourth-order valence-electron chi connectivity index (χ4n) is 1.57. The topological polar surface area (TPSA) is 82.0 Å². The Labute approximate surface area is 99.3 Å². The number of aromatic nitrogens is 1. The largest absolute Gasteiger partial charge is 0.383 e. The highest BCUT2D eigenvalue weighted by Crippen LogP contribution is 2.20. The molecule has 0 unspecified atom stereocenters. The normalized spacial score (nSPS) is 10.2. The van der Waals surface area contributed by atoms with E-state index in [0.29, 0.717) is 0 Å². The predicted molar refractivity (Wildman–Crippen MR) is 67.3 cm³/mol. The number of aryl methyl sites for hydroxylation is 1. The Balaban J connectivity index is 2.44. The van der Waals surface area contributed by atoms with Crippen molar-refractivity contribution in [3.05, 3.63) is 47.5 Å². The van der Waals surface area contributed by atoms with Crippen LogP contribution in [0.2, 0.25) is 0 Å². The molecule has 2 rings (SSSR count). The molecule has 0 aliphatic rings. The van der Waals surface area contributed by atoms with E-state index in [0.717, 1.165) is 11.3 Å². The van der Waals surface area contributed by atoms with Crippen LogP contribution in [0.1, 0.15) is 15.9 Å². The first-order valence-corrected chi connectivity index (χ1v) is 5.21. The maximum atomic E-state index is 11.0. The van der Waals surface area contributed by atoms with Gasteiger partial charge in [0.05, 0.1) is 11.3 Å². The Bertz CT molecular complexity index is 561. The highest BCUT2D eigenvalue weighted by molar-refractivity contribution is 5.97. The van der Waals surface area contributed by atoms with E-state index in [9.17, 15) is 4.79 Å². The molecule has 1 amide bonds. The van der Waals surface area contributed by atoms with Crippen molar-refractivity contribution in [1.82, 2.24) is 4.98 Å². The molecule has 4 heteroatoms. The van der Waals surface area contributed by atoms with Gasteiger partial charge in [-0.3, -0.25) is 4.79 Å². The molecular formula is C13H13N3O. The van der Waals surface area contributed by atoms with Crippen LogP contribution in [0.15, 0.2) is 36.4 Å². The average molecular weight is 227 g/mol. The number of benzene rings is 1. The molecule has 0 aliphatic heterocycles. The zero-order valence-electron chi connectivity index (χ0n) is 9.47. The van der Waals surface area contributed by atoms with Crippen molar-refractivity contribution in [3.8, 4) is 11.3 Å². The van der Waals surface area contributed by atoms with Gasteiger partial charge in [-0.05, 0) is 19.1 Å². The minimum Gasteiger partial charge on any atom is -0.383 e. The summed E-state index contributed by atoms with van der Waals surface area (Å²) < 4.78 is 0. The Hall–Kier alpha value is -2.36. The smallest absolute Gasteiger partial charge is 0.252 e. The summed E-state index contributed by atoms with van der Waals surface area (Å²) in [6.07, 6.45) is 0. The summed E-state index contributed by atoms with van der Waals surface area (Å²) in [7, 11) is 0. The minimum atomic E-state index is -0.564. The molecule has 0 atom stereocenters. The second-order valence-electron chi connectivity index (χ2n) is 3.86. The first kappa shape index (κ1) is 11.1. The number of primary amides is 1.